The summed E-state index contributed by atoms with van der Waals surface area (Å²) in [7, 11) is 0. The van der Waals surface area contributed by atoms with Gasteiger partial charge in [-0.25, -0.2) is 0 Å². The molecule has 2 aromatic heterocycles. The summed E-state index contributed by atoms with van der Waals surface area (Å²) in [6, 6.07) is 21.4. The molecule has 1 fully saturated rings. The topological polar surface area (TPSA) is 78.1 Å². The molecule has 6 heteroatoms. The highest BCUT2D eigenvalue weighted by atomic mass is 16.2. The normalized spacial score (nSPS) is 18.2. The molecule has 5 rings (SSSR count). The molecule has 1 saturated heterocycles. The van der Waals surface area contributed by atoms with Crippen molar-refractivity contribution in [2.24, 2.45) is 5.92 Å². The van der Waals surface area contributed by atoms with E-state index < -0.39 is 0 Å². The maximum atomic E-state index is 13.3. The Hall–Kier alpha value is -3.93. The van der Waals surface area contributed by atoms with Crippen LogP contribution in [0.25, 0.3) is 10.9 Å². The van der Waals surface area contributed by atoms with Gasteiger partial charge in [-0.1, -0.05) is 30.3 Å². The fourth-order valence-corrected chi connectivity index (χ4v) is 4.64. The highest BCUT2D eigenvalue weighted by Crippen LogP contribution is 2.27. The summed E-state index contributed by atoms with van der Waals surface area (Å²) >= 11 is 0. The van der Waals surface area contributed by atoms with E-state index in [9.17, 15) is 9.59 Å². The predicted octanol–water partition coefficient (Wildman–Crippen LogP) is 4.41. The number of likely N-dealkylation sites (tertiary alicyclic amines) is 1. The average molecular weight is 439 g/mol. The Morgan fingerprint density at radius 3 is 2.64 bits per heavy atom. The Labute approximate surface area is 192 Å². The molecule has 2 N–H and O–H groups in total. The summed E-state index contributed by atoms with van der Waals surface area (Å²) in [6.07, 6.45) is 7.26. The van der Waals surface area contributed by atoms with Crippen LogP contribution in [0, 0.1) is 5.92 Å². The van der Waals surface area contributed by atoms with E-state index in [1.807, 2.05) is 48.7 Å². The minimum Gasteiger partial charge on any atom is -0.361 e. The van der Waals surface area contributed by atoms with Crippen LogP contribution in [0.2, 0.25) is 0 Å². The molecule has 1 aliphatic rings. The Kier molecular flexibility index (Phi) is 5.89. The van der Waals surface area contributed by atoms with E-state index >= 15 is 0 Å². The van der Waals surface area contributed by atoms with Gasteiger partial charge >= 0.3 is 0 Å². The zero-order chi connectivity index (χ0) is 22.6. The first-order chi connectivity index (χ1) is 16.2. The van der Waals surface area contributed by atoms with Crippen LogP contribution in [-0.4, -0.2) is 39.4 Å². The van der Waals surface area contributed by atoms with Crippen molar-refractivity contribution in [3.8, 4) is 0 Å². The van der Waals surface area contributed by atoms with Crippen LogP contribution >= 0.6 is 0 Å². The number of aromatic amines is 1. The number of carbonyl (C=O) groups is 2. The molecule has 166 valence electrons. The van der Waals surface area contributed by atoms with E-state index in [0.717, 1.165) is 23.7 Å². The van der Waals surface area contributed by atoms with Crippen LogP contribution in [-0.2, 0) is 6.42 Å². The number of rotatable bonds is 5. The molecule has 2 atom stereocenters. The summed E-state index contributed by atoms with van der Waals surface area (Å²) in [5.74, 6) is 0.129. The molecular weight excluding hydrogens is 412 g/mol. The summed E-state index contributed by atoms with van der Waals surface area (Å²) in [5, 5.41) is 4.13. The van der Waals surface area contributed by atoms with Crippen molar-refractivity contribution in [1.29, 1.82) is 0 Å². The van der Waals surface area contributed by atoms with E-state index in [1.54, 1.807) is 29.4 Å². The standard InChI is InChI=1S/C27H26N4O2/c32-26(23-6-7-24-22(18-23)10-14-29-24)30-25-17-20(16-19-4-2-1-3-5-19)11-15-31(25)27(33)21-8-12-28-13-9-21/h1-10,12-14,18,20,25,29H,11,15-17H2,(H,30,32). The van der Waals surface area contributed by atoms with Crippen molar-refractivity contribution in [2.75, 3.05) is 6.54 Å². The fraction of sp³-hybridized carbons (Fsp3) is 0.222. The molecule has 0 radical (unpaired) electrons. The predicted molar refractivity (Wildman–Crippen MR) is 128 cm³/mol. The summed E-state index contributed by atoms with van der Waals surface area (Å²) in [4.78, 5) is 35.4. The lowest BCUT2D eigenvalue weighted by Crippen LogP contribution is -2.55. The second-order valence-electron chi connectivity index (χ2n) is 8.58. The zero-order valence-electron chi connectivity index (χ0n) is 18.3. The fourth-order valence-electron chi connectivity index (χ4n) is 4.64. The number of nitrogens with one attached hydrogen (secondary N) is 2. The van der Waals surface area contributed by atoms with Gasteiger partial charge in [-0.05, 0) is 67.1 Å². The second kappa shape index (κ2) is 9.28. The molecule has 4 aromatic rings. The number of amides is 2. The van der Waals surface area contributed by atoms with Gasteiger partial charge in [0.2, 0.25) is 0 Å². The first-order valence-electron chi connectivity index (χ1n) is 11.3. The van der Waals surface area contributed by atoms with Crippen LogP contribution in [0.4, 0.5) is 0 Å². The minimum absolute atomic E-state index is 0.0815. The van der Waals surface area contributed by atoms with Crippen molar-refractivity contribution in [1.82, 2.24) is 20.2 Å². The third kappa shape index (κ3) is 4.65. The summed E-state index contributed by atoms with van der Waals surface area (Å²) < 4.78 is 0. The van der Waals surface area contributed by atoms with E-state index in [4.69, 9.17) is 0 Å². The van der Waals surface area contributed by atoms with Crippen LogP contribution < -0.4 is 5.32 Å². The van der Waals surface area contributed by atoms with Gasteiger partial charge < -0.3 is 15.2 Å². The monoisotopic (exact) mass is 438 g/mol. The van der Waals surface area contributed by atoms with Crippen LogP contribution in [0.5, 0.6) is 0 Å². The molecule has 6 nitrogen and oxygen atoms in total. The van der Waals surface area contributed by atoms with Gasteiger partial charge in [-0.15, -0.1) is 0 Å². The van der Waals surface area contributed by atoms with Crippen LogP contribution in [0.3, 0.4) is 0 Å². The largest absolute Gasteiger partial charge is 0.361 e. The molecule has 0 aliphatic carbocycles. The number of carbonyl (C=O) groups excluding carboxylic acids is 2. The van der Waals surface area contributed by atoms with Gasteiger partial charge in [0.25, 0.3) is 11.8 Å². The van der Waals surface area contributed by atoms with Gasteiger partial charge in [-0.2, -0.15) is 0 Å². The zero-order valence-corrected chi connectivity index (χ0v) is 18.3. The van der Waals surface area contributed by atoms with Crippen molar-refractivity contribution in [3.05, 3.63) is 102 Å². The van der Waals surface area contributed by atoms with Crippen molar-refractivity contribution in [2.45, 2.75) is 25.4 Å². The number of nitrogens with zero attached hydrogens (tertiary/aromatic N) is 2. The maximum Gasteiger partial charge on any atom is 0.255 e. The van der Waals surface area contributed by atoms with Gasteiger partial charge in [0.05, 0.1) is 0 Å². The molecule has 2 unspecified atom stereocenters. The van der Waals surface area contributed by atoms with E-state index in [0.29, 0.717) is 30.0 Å². The molecule has 3 heterocycles. The smallest absolute Gasteiger partial charge is 0.255 e. The van der Waals surface area contributed by atoms with Gasteiger partial charge in [-0.3, -0.25) is 14.6 Å². The Balaban J connectivity index is 1.37. The summed E-state index contributed by atoms with van der Waals surface area (Å²) in [5.41, 5.74) is 3.43. The van der Waals surface area contributed by atoms with Crippen molar-refractivity contribution < 1.29 is 9.59 Å². The highest BCUT2D eigenvalue weighted by Gasteiger charge is 2.33. The third-order valence-electron chi connectivity index (χ3n) is 6.38. The lowest BCUT2D eigenvalue weighted by Gasteiger charge is -2.40. The van der Waals surface area contributed by atoms with Gasteiger partial charge in [0.1, 0.15) is 6.17 Å². The van der Waals surface area contributed by atoms with E-state index in [2.05, 4.69) is 27.4 Å². The number of pyridine rings is 1. The van der Waals surface area contributed by atoms with Crippen molar-refractivity contribution in [3.63, 3.8) is 0 Å². The number of aromatic nitrogens is 2. The quantitative estimate of drug-likeness (QED) is 0.484. The number of hydrogen-bond donors (Lipinski definition) is 2. The first kappa shape index (κ1) is 20.9. The Morgan fingerprint density at radius 2 is 1.82 bits per heavy atom. The van der Waals surface area contributed by atoms with Crippen LogP contribution in [0.1, 0.15) is 39.1 Å². The summed E-state index contributed by atoms with van der Waals surface area (Å²) in [6.45, 7) is 0.598. The lowest BCUT2D eigenvalue weighted by atomic mass is 9.88. The molecule has 1 aliphatic heterocycles. The molecule has 0 bridgehead atoms. The first-order valence-corrected chi connectivity index (χ1v) is 11.3. The minimum atomic E-state index is -0.373. The third-order valence-corrected chi connectivity index (χ3v) is 6.38. The molecule has 2 aromatic carbocycles. The molecule has 0 spiro atoms. The number of H-pyrrole nitrogens is 1. The van der Waals surface area contributed by atoms with Gasteiger partial charge in [0, 0.05) is 47.2 Å². The average Bonchev–Trinajstić information content (AvgIpc) is 3.33. The number of hydrogen-bond acceptors (Lipinski definition) is 3. The molecule has 2 amide bonds. The van der Waals surface area contributed by atoms with Gasteiger partial charge in [0.15, 0.2) is 0 Å². The van der Waals surface area contributed by atoms with E-state index in [1.165, 1.54) is 5.56 Å². The number of piperidine rings is 1. The SMILES string of the molecule is O=C(NC1CC(Cc2ccccc2)CCN1C(=O)c1ccncc1)c1ccc2[nH]ccc2c1. The maximum absolute atomic E-state index is 13.3. The van der Waals surface area contributed by atoms with E-state index in [-0.39, 0.29) is 18.0 Å². The van der Waals surface area contributed by atoms with Crippen molar-refractivity contribution >= 4 is 22.7 Å². The second-order valence-corrected chi connectivity index (χ2v) is 8.58. The Bertz CT molecular complexity index is 1250. The number of benzene rings is 2. The lowest BCUT2D eigenvalue weighted by molar-refractivity contribution is 0.0465. The Morgan fingerprint density at radius 1 is 1.00 bits per heavy atom. The molecule has 33 heavy (non-hydrogen) atoms. The number of fused-ring (bicyclic) bond motifs is 1. The molecular formula is C27H26N4O2. The van der Waals surface area contributed by atoms with Crippen LogP contribution in [0.15, 0.2) is 85.3 Å². The molecule has 0 saturated carbocycles. The highest BCUT2D eigenvalue weighted by molar-refractivity contribution is 5.99.